The average molecular weight is 383 g/mol. The van der Waals surface area contributed by atoms with E-state index >= 15 is 0 Å². The highest BCUT2D eigenvalue weighted by atomic mass is 16.2. The highest BCUT2D eigenvalue weighted by molar-refractivity contribution is 6.08. The maximum absolute atomic E-state index is 13.0. The molecule has 0 aliphatic heterocycles. The van der Waals surface area contributed by atoms with E-state index in [4.69, 9.17) is 5.73 Å². The number of pyridine rings is 1. The van der Waals surface area contributed by atoms with Crippen LogP contribution in [0.5, 0.6) is 0 Å². The van der Waals surface area contributed by atoms with Crippen LogP contribution in [-0.4, -0.2) is 26.6 Å². The first kappa shape index (κ1) is 18.1. The van der Waals surface area contributed by atoms with Crippen LogP contribution in [0.15, 0.2) is 85.3 Å². The second-order valence-electron chi connectivity index (χ2n) is 6.31. The zero-order chi connectivity index (χ0) is 20.2. The standard InChI is InChI=1S/C22H17N5O2/c23-21(28)15-6-4-8-17(12-15)25-22(29)19-14-27(18-9-2-1-3-10-18)26-20(19)16-7-5-11-24-13-16/h1-14H,(H2,23,28)(H,25,29). The van der Waals surface area contributed by atoms with E-state index in [-0.39, 0.29) is 5.91 Å². The molecule has 0 bridgehead atoms. The fourth-order valence-electron chi connectivity index (χ4n) is 2.92. The van der Waals surface area contributed by atoms with Gasteiger partial charge in [-0.3, -0.25) is 14.6 Å². The molecule has 4 rings (SSSR count). The van der Waals surface area contributed by atoms with Gasteiger partial charge >= 0.3 is 0 Å². The number of hydrogen-bond acceptors (Lipinski definition) is 4. The van der Waals surface area contributed by atoms with Crippen LogP contribution in [0.1, 0.15) is 20.7 Å². The van der Waals surface area contributed by atoms with Crippen LogP contribution in [0.2, 0.25) is 0 Å². The van der Waals surface area contributed by atoms with Gasteiger partial charge in [0, 0.05) is 35.4 Å². The number of anilines is 1. The lowest BCUT2D eigenvalue weighted by Gasteiger charge is -2.06. The lowest BCUT2D eigenvalue weighted by molar-refractivity contribution is 0.0996. The van der Waals surface area contributed by atoms with Gasteiger partial charge in [-0.15, -0.1) is 0 Å². The van der Waals surface area contributed by atoms with E-state index in [1.165, 1.54) is 6.07 Å². The number of hydrogen-bond donors (Lipinski definition) is 2. The Bertz CT molecular complexity index is 1170. The Labute approximate surface area is 166 Å². The SMILES string of the molecule is NC(=O)c1cccc(NC(=O)c2cn(-c3ccccc3)nc2-c2cccnc2)c1. The summed E-state index contributed by atoms with van der Waals surface area (Å²) >= 11 is 0. The summed E-state index contributed by atoms with van der Waals surface area (Å²) in [6.07, 6.45) is 4.99. The molecule has 0 aliphatic carbocycles. The number of nitrogens with two attached hydrogens (primary N) is 1. The summed E-state index contributed by atoms with van der Waals surface area (Å²) in [7, 11) is 0. The Morgan fingerprint density at radius 3 is 2.52 bits per heavy atom. The molecule has 7 heteroatoms. The van der Waals surface area contributed by atoms with Crippen molar-refractivity contribution >= 4 is 17.5 Å². The van der Waals surface area contributed by atoms with Gasteiger partial charge in [0.15, 0.2) is 0 Å². The third-order valence-corrected chi connectivity index (χ3v) is 4.32. The van der Waals surface area contributed by atoms with Gasteiger partial charge in [-0.2, -0.15) is 5.10 Å². The molecule has 2 heterocycles. The van der Waals surface area contributed by atoms with Crippen molar-refractivity contribution in [2.45, 2.75) is 0 Å². The largest absolute Gasteiger partial charge is 0.366 e. The Hall–Kier alpha value is -4.26. The summed E-state index contributed by atoms with van der Waals surface area (Å²) in [5.74, 6) is -0.915. The van der Waals surface area contributed by atoms with E-state index < -0.39 is 5.91 Å². The van der Waals surface area contributed by atoms with E-state index in [0.29, 0.717) is 22.5 Å². The summed E-state index contributed by atoms with van der Waals surface area (Å²) < 4.78 is 1.65. The van der Waals surface area contributed by atoms with Crippen molar-refractivity contribution in [3.8, 4) is 16.9 Å². The minimum atomic E-state index is -0.561. The highest BCUT2D eigenvalue weighted by Gasteiger charge is 2.19. The predicted molar refractivity (Wildman–Crippen MR) is 110 cm³/mol. The number of aromatic nitrogens is 3. The number of nitrogens with zero attached hydrogens (tertiary/aromatic N) is 3. The number of carbonyl (C=O) groups excluding carboxylic acids is 2. The molecule has 3 N–H and O–H groups in total. The van der Waals surface area contributed by atoms with Crippen LogP contribution >= 0.6 is 0 Å². The molecule has 4 aromatic rings. The van der Waals surface area contributed by atoms with Gasteiger partial charge in [0.2, 0.25) is 5.91 Å². The second-order valence-corrected chi connectivity index (χ2v) is 6.31. The molecule has 0 atom stereocenters. The van der Waals surface area contributed by atoms with Crippen molar-refractivity contribution in [2.75, 3.05) is 5.32 Å². The fourth-order valence-corrected chi connectivity index (χ4v) is 2.92. The third-order valence-electron chi connectivity index (χ3n) is 4.32. The van der Waals surface area contributed by atoms with Gasteiger partial charge in [-0.05, 0) is 42.5 Å². The Balaban J connectivity index is 1.73. The summed E-state index contributed by atoms with van der Waals surface area (Å²) in [6.45, 7) is 0. The topological polar surface area (TPSA) is 103 Å². The maximum atomic E-state index is 13.0. The summed E-state index contributed by atoms with van der Waals surface area (Å²) in [5.41, 5.74) is 8.54. The average Bonchev–Trinajstić information content (AvgIpc) is 3.21. The molecule has 2 aromatic carbocycles. The molecule has 0 radical (unpaired) electrons. The van der Waals surface area contributed by atoms with Gasteiger partial charge in [0.05, 0.1) is 11.3 Å². The fraction of sp³-hybridized carbons (Fsp3) is 0. The molecule has 0 saturated carbocycles. The highest BCUT2D eigenvalue weighted by Crippen LogP contribution is 2.24. The van der Waals surface area contributed by atoms with E-state index in [2.05, 4.69) is 15.4 Å². The molecular formula is C22H17N5O2. The lowest BCUT2D eigenvalue weighted by atomic mass is 10.1. The van der Waals surface area contributed by atoms with Crippen LogP contribution in [0.25, 0.3) is 16.9 Å². The molecule has 0 fully saturated rings. The van der Waals surface area contributed by atoms with Gasteiger partial charge < -0.3 is 11.1 Å². The minimum absolute atomic E-state index is 0.315. The summed E-state index contributed by atoms with van der Waals surface area (Å²) in [4.78, 5) is 28.6. The number of benzene rings is 2. The van der Waals surface area contributed by atoms with Gasteiger partial charge in [-0.1, -0.05) is 24.3 Å². The van der Waals surface area contributed by atoms with Crippen LogP contribution in [-0.2, 0) is 0 Å². The first-order valence-electron chi connectivity index (χ1n) is 8.88. The smallest absolute Gasteiger partial charge is 0.259 e. The number of rotatable bonds is 5. The lowest BCUT2D eigenvalue weighted by Crippen LogP contribution is -2.14. The Kier molecular flexibility index (Phi) is 4.86. The second kappa shape index (κ2) is 7.77. The quantitative estimate of drug-likeness (QED) is 0.552. The van der Waals surface area contributed by atoms with Crippen molar-refractivity contribution < 1.29 is 9.59 Å². The molecule has 2 amide bonds. The van der Waals surface area contributed by atoms with Crippen molar-refractivity contribution in [2.24, 2.45) is 5.73 Å². The van der Waals surface area contributed by atoms with Gasteiger partial charge in [0.1, 0.15) is 5.69 Å². The number of para-hydroxylation sites is 1. The third kappa shape index (κ3) is 3.89. The van der Waals surface area contributed by atoms with Crippen LogP contribution in [0.3, 0.4) is 0 Å². The molecule has 0 spiro atoms. The van der Waals surface area contributed by atoms with E-state index in [0.717, 1.165) is 11.3 Å². The normalized spacial score (nSPS) is 10.5. The van der Waals surface area contributed by atoms with Crippen LogP contribution < -0.4 is 11.1 Å². The summed E-state index contributed by atoms with van der Waals surface area (Å²) in [6, 6.07) is 19.6. The van der Waals surface area contributed by atoms with Crippen LogP contribution in [0, 0.1) is 0 Å². The molecule has 0 aliphatic rings. The zero-order valence-electron chi connectivity index (χ0n) is 15.3. The van der Waals surface area contributed by atoms with E-state index in [1.54, 1.807) is 47.5 Å². The molecular weight excluding hydrogens is 366 g/mol. The van der Waals surface area contributed by atoms with Crippen molar-refractivity contribution in [3.63, 3.8) is 0 Å². The zero-order valence-corrected chi connectivity index (χ0v) is 15.3. The molecule has 2 aromatic heterocycles. The Morgan fingerprint density at radius 1 is 0.966 bits per heavy atom. The Morgan fingerprint density at radius 2 is 1.79 bits per heavy atom. The molecule has 29 heavy (non-hydrogen) atoms. The summed E-state index contributed by atoms with van der Waals surface area (Å²) in [5, 5.41) is 7.41. The predicted octanol–water partition coefficient (Wildman–Crippen LogP) is 3.29. The number of amides is 2. The number of carbonyl (C=O) groups is 2. The van der Waals surface area contributed by atoms with Crippen molar-refractivity contribution in [1.82, 2.24) is 14.8 Å². The van der Waals surface area contributed by atoms with Crippen molar-refractivity contribution in [1.29, 1.82) is 0 Å². The monoisotopic (exact) mass is 383 g/mol. The minimum Gasteiger partial charge on any atom is -0.366 e. The first-order chi connectivity index (χ1) is 14.1. The van der Waals surface area contributed by atoms with Gasteiger partial charge in [-0.25, -0.2) is 4.68 Å². The first-order valence-corrected chi connectivity index (χ1v) is 8.88. The van der Waals surface area contributed by atoms with Crippen molar-refractivity contribution in [3.05, 3.63) is 96.4 Å². The number of primary amides is 1. The molecule has 7 nitrogen and oxygen atoms in total. The van der Waals surface area contributed by atoms with Gasteiger partial charge in [0.25, 0.3) is 5.91 Å². The van der Waals surface area contributed by atoms with E-state index in [9.17, 15) is 9.59 Å². The molecule has 0 saturated heterocycles. The maximum Gasteiger partial charge on any atom is 0.259 e. The number of nitrogens with one attached hydrogen (secondary N) is 1. The molecule has 0 unspecified atom stereocenters. The van der Waals surface area contributed by atoms with E-state index in [1.807, 2.05) is 36.4 Å². The molecule has 142 valence electrons. The van der Waals surface area contributed by atoms with Crippen LogP contribution in [0.4, 0.5) is 5.69 Å².